The Hall–Kier alpha value is -2.99. The Morgan fingerprint density at radius 3 is 2.48 bits per heavy atom. The summed E-state index contributed by atoms with van der Waals surface area (Å²) >= 11 is 6.10. The van der Waals surface area contributed by atoms with Crippen molar-refractivity contribution in [1.82, 2.24) is 9.97 Å². The molecule has 0 aliphatic heterocycles. The predicted octanol–water partition coefficient (Wildman–Crippen LogP) is 4.57. The monoisotopic (exact) mass is 356 g/mol. The van der Waals surface area contributed by atoms with E-state index in [1.165, 1.54) is 36.7 Å². The molecular weight excluding hydrogens is 343 g/mol. The second kappa shape index (κ2) is 7.27. The van der Waals surface area contributed by atoms with E-state index in [9.17, 15) is 9.18 Å². The Morgan fingerprint density at radius 1 is 1.04 bits per heavy atom. The first-order valence-corrected chi connectivity index (χ1v) is 7.81. The summed E-state index contributed by atoms with van der Waals surface area (Å²) < 4.78 is 12.9. The van der Waals surface area contributed by atoms with Gasteiger partial charge in [0.25, 0.3) is 5.91 Å². The van der Waals surface area contributed by atoms with Crippen LogP contribution in [0.2, 0.25) is 5.02 Å². The van der Waals surface area contributed by atoms with E-state index < -0.39 is 5.91 Å². The Morgan fingerprint density at radius 2 is 1.76 bits per heavy atom. The normalized spacial score (nSPS) is 10.4. The molecule has 0 aliphatic carbocycles. The molecule has 126 valence electrons. The van der Waals surface area contributed by atoms with Gasteiger partial charge in [-0.1, -0.05) is 17.7 Å². The first-order valence-electron chi connectivity index (χ1n) is 7.43. The van der Waals surface area contributed by atoms with Gasteiger partial charge in [-0.15, -0.1) is 0 Å². The topological polar surface area (TPSA) is 66.9 Å². The second-order valence-electron chi connectivity index (χ2n) is 5.34. The summed E-state index contributed by atoms with van der Waals surface area (Å²) in [5, 5.41) is 6.35. The van der Waals surface area contributed by atoms with Gasteiger partial charge >= 0.3 is 0 Å². The highest BCUT2D eigenvalue weighted by atomic mass is 35.5. The Bertz CT molecular complexity index is 915. The maximum Gasteiger partial charge on any atom is 0.274 e. The number of nitrogens with one attached hydrogen (secondary N) is 2. The lowest BCUT2D eigenvalue weighted by Crippen LogP contribution is -2.14. The van der Waals surface area contributed by atoms with Gasteiger partial charge in [0.15, 0.2) is 0 Å². The van der Waals surface area contributed by atoms with E-state index in [1.807, 2.05) is 19.1 Å². The number of carbonyl (C=O) groups excluding carboxylic acids is 1. The van der Waals surface area contributed by atoms with Crippen LogP contribution in [0.4, 0.5) is 21.6 Å². The van der Waals surface area contributed by atoms with Crippen molar-refractivity contribution in [2.75, 3.05) is 10.6 Å². The molecule has 7 heteroatoms. The molecule has 1 aromatic heterocycles. The number of hydrogen-bond acceptors (Lipinski definition) is 4. The molecule has 5 nitrogen and oxygen atoms in total. The standard InChI is InChI=1S/C18H14ClFN4O/c1-11-2-5-14(8-15(11)19)23-17-9-16(21-10-22-17)18(25)24-13-6-3-12(20)4-7-13/h2-10H,1H3,(H,24,25)(H,21,22,23). The van der Waals surface area contributed by atoms with Gasteiger partial charge in [-0.3, -0.25) is 4.79 Å². The lowest BCUT2D eigenvalue weighted by atomic mass is 10.2. The molecule has 0 unspecified atom stereocenters. The lowest BCUT2D eigenvalue weighted by Gasteiger charge is -2.09. The van der Waals surface area contributed by atoms with Gasteiger partial charge in [-0.2, -0.15) is 0 Å². The van der Waals surface area contributed by atoms with Crippen LogP contribution in [-0.2, 0) is 0 Å². The van der Waals surface area contributed by atoms with Crippen LogP contribution in [0.3, 0.4) is 0 Å². The molecule has 0 bridgehead atoms. The average molecular weight is 357 g/mol. The number of benzene rings is 2. The van der Waals surface area contributed by atoms with Gasteiger partial charge in [0, 0.05) is 22.5 Å². The maximum absolute atomic E-state index is 12.9. The van der Waals surface area contributed by atoms with E-state index in [2.05, 4.69) is 20.6 Å². The Balaban J connectivity index is 1.75. The predicted molar refractivity (Wildman–Crippen MR) is 95.9 cm³/mol. The van der Waals surface area contributed by atoms with Crippen LogP contribution in [0.1, 0.15) is 16.1 Å². The molecule has 0 fully saturated rings. The third kappa shape index (κ3) is 4.30. The quantitative estimate of drug-likeness (QED) is 0.718. The minimum absolute atomic E-state index is 0.181. The SMILES string of the molecule is Cc1ccc(Nc2cc(C(=O)Nc3ccc(F)cc3)ncn2)cc1Cl. The van der Waals surface area contributed by atoms with Crippen molar-refractivity contribution in [3.05, 3.63) is 77.0 Å². The van der Waals surface area contributed by atoms with Gasteiger partial charge in [0.2, 0.25) is 0 Å². The molecule has 0 atom stereocenters. The fourth-order valence-corrected chi connectivity index (χ4v) is 2.28. The average Bonchev–Trinajstić information content (AvgIpc) is 2.60. The van der Waals surface area contributed by atoms with Gasteiger partial charge in [-0.05, 0) is 48.9 Å². The molecular formula is C18H14ClFN4O. The van der Waals surface area contributed by atoms with E-state index in [4.69, 9.17) is 11.6 Å². The van der Waals surface area contributed by atoms with Crippen LogP contribution in [0.5, 0.6) is 0 Å². The number of anilines is 3. The Kier molecular flexibility index (Phi) is 4.90. The number of carbonyl (C=O) groups is 1. The number of rotatable bonds is 4. The molecule has 0 saturated carbocycles. The highest BCUT2D eigenvalue weighted by Crippen LogP contribution is 2.22. The van der Waals surface area contributed by atoms with Gasteiger partial charge < -0.3 is 10.6 Å². The van der Waals surface area contributed by atoms with Crippen molar-refractivity contribution in [2.24, 2.45) is 0 Å². The highest BCUT2D eigenvalue weighted by molar-refractivity contribution is 6.31. The fourth-order valence-electron chi connectivity index (χ4n) is 2.10. The zero-order valence-electron chi connectivity index (χ0n) is 13.3. The number of aryl methyl sites for hydroxylation is 1. The van der Waals surface area contributed by atoms with Crippen molar-refractivity contribution >= 4 is 34.7 Å². The van der Waals surface area contributed by atoms with Crippen LogP contribution in [0, 0.1) is 12.7 Å². The molecule has 3 aromatic rings. The van der Waals surface area contributed by atoms with Gasteiger partial charge in [0.1, 0.15) is 23.7 Å². The smallest absolute Gasteiger partial charge is 0.274 e. The van der Waals surface area contributed by atoms with E-state index in [0.717, 1.165) is 11.3 Å². The highest BCUT2D eigenvalue weighted by Gasteiger charge is 2.10. The number of aromatic nitrogens is 2. The van der Waals surface area contributed by atoms with Crippen molar-refractivity contribution < 1.29 is 9.18 Å². The van der Waals surface area contributed by atoms with Crippen LogP contribution in [0.25, 0.3) is 0 Å². The van der Waals surface area contributed by atoms with Crippen molar-refractivity contribution in [2.45, 2.75) is 6.92 Å². The summed E-state index contributed by atoms with van der Waals surface area (Å²) in [6.07, 6.45) is 1.29. The van der Waals surface area contributed by atoms with Crippen LogP contribution < -0.4 is 10.6 Å². The van der Waals surface area contributed by atoms with Crippen LogP contribution in [0.15, 0.2) is 54.9 Å². The fraction of sp³-hybridized carbons (Fsp3) is 0.0556. The molecule has 0 aliphatic rings. The number of hydrogen-bond donors (Lipinski definition) is 2. The second-order valence-corrected chi connectivity index (χ2v) is 5.75. The van der Waals surface area contributed by atoms with Crippen LogP contribution >= 0.6 is 11.6 Å². The first kappa shape index (κ1) is 16.9. The zero-order valence-corrected chi connectivity index (χ0v) is 14.0. The summed E-state index contributed by atoms with van der Waals surface area (Å²) in [6.45, 7) is 1.91. The van der Waals surface area contributed by atoms with Gasteiger partial charge in [0.05, 0.1) is 0 Å². The lowest BCUT2D eigenvalue weighted by molar-refractivity contribution is 0.102. The van der Waals surface area contributed by atoms with E-state index >= 15 is 0 Å². The molecule has 2 aromatic carbocycles. The maximum atomic E-state index is 12.9. The summed E-state index contributed by atoms with van der Waals surface area (Å²) in [7, 11) is 0. The summed E-state index contributed by atoms with van der Waals surface area (Å²) in [6, 6.07) is 12.5. The molecule has 0 radical (unpaired) electrons. The van der Waals surface area contributed by atoms with Crippen molar-refractivity contribution in [1.29, 1.82) is 0 Å². The summed E-state index contributed by atoms with van der Waals surface area (Å²) in [5.74, 6) is -0.332. The molecule has 25 heavy (non-hydrogen) atoms. The number of halogens is 2. The third-order valence-corrected chi connectivity index (χ3v) is 3.85. The summed E-state index contributed by atoms with van der Waals surface area (Å²) in [4.78, 5) is 20.3. The first-order chi connectivity index (χ1) is 12.0. The molecule has 1 amide bonds. The van der Waals surface area contributed by atoms with E-state index in [0.29, 0.717) is 16.5 Å². The molecule has 1 heterocycles. The molecule has 0 saturated heterocycles. The molecule has 2 N–H and O–H groups in total. The number of amides is 1. The summed E-state index contributed by atoms with van der Waals surface area (Å²) in [5.41, 5.74) is 2.37. The van der Waals surface area contributed by atoms with Crippen molar-refractivity contribution in [3.63, 3.8) is 0 Å². The zero-order chi connectivity index (χ0) is 17.8. The molecule has 3 rings (SSSR count). The minimum Gasteiger partial charge on any atom is -0.340 e. The van der Waals surface area contributed by atoms with Crippen LogP contribution in [-0.4, -0.2) is 15.9 Å². The molecule has 0 spiro atoms. The minimum atomic E-state index is -0.418. The van der Waals surface area contributed by atoms with Crippen molar-refractivity contribution in [3.8, 4) is 0 Å². The Labute approximate surface area is 148 Å². The number of nitrogens with zero attached hydrogens (tertiary/aromatic N) is 2. The largest absolute Gasteiger partial charge is 0.340 e. The third-order valence-electron chi connectivity index (χ3n) is 3.45. The van der Waals surface area contributed by atoms with E-state index in [1.54, 1.807) is 6.07 Å². The van der Waals surface area contributed by atoms with E-state index in [-0.39, 0.29) is 11.5 Å². The van der Waals surface area contributed by atoms with Gasteiger partial charge in [-0.25, -0.2) is 14.4 Å².